The van der Waals surface area contributed by atoms with Crippen molar-refractivity contribution in [1.29, 1.82) is 0 Å². The summed E-state index contributed by atoms with van der Waals surface area (Å²) in [6, 6.07) is 5.63. The topological polar surface area (TPSA) is 114 Å². The molecule has 0 radical (unpaired) electrons. The zero-order valence-corrected chi connectivity index (χ0v) is 25.2. The van der Waals surface area contributed by atoms with Gasteiger partial charge in [-0.1, -0.05) is 11.6 Å². The highest BCUT2D eigenvalue weighted by atomic mass is 35.5. The van der Waals surface area contributed by atoms with E-state index in [0.29, 0.717) is 0 Å². The van der Waals surface area contributed by atoms with Crippen LogP contribution in [0.25, 0.3) is 0 Å². The molecular formula is C27H28Cl3F2N3O6. The number of alkyl halides is 2. The van der Waals surface area contributed by atoms with Crippen molar-refractivity contribution >= 4 is 75.9 Å². The van der Waals surface area contributed by atoms with Gasteiger partial charge in [0.15, 0.2) is 11.6 Å². The molecule has 1 fully saturated rings. The Hall–Kier alpha value is -3.15. The average molecular weight is 635 g/mol. The van der Waals surface area contributed by atoms with Crippen molar-refractivity contribution in [2.24, 2.45) is 5.92 Å². The van der Waals surface area contributed by atoms with Crippen molar-refractivity contribution in [3.63, 3.8) is 0 Å². The van der Waals surface area contributed by atoms with Crippen molar-refractivity contribution in [3.05, 3.63) is 52.6 Å². The first-order chi connectivity index (χ1) is 18.7. The number of benzene rings is 2. The van der Waals surface area contributed by atoms with Gasteiger partial charge in [0.2, 0.25) is 5.91 Å². The van der Waals surface area contributed by atoms with E-state index in [2.05, 4.69) is 10.6 Å². The fourth-order valence-corrected chi connectivity index (χ4v) is 4.12. The minimum atomic E-state index is -1.47. The average Bonchev–Trinajstić information content (AvgIpc) is 3.45. The number of carbonyl (C=O) groups is 4. The summed E-state index contributed by atoms with van der Waals surface area (Å²) in [6.45, 7) is 8.97. The minimum Gasteiger partial charge on any atom is -0.443 e. The number of halogens is 5. The molecule has 41 heavy (non-hydrogen) atoms. The van der Waals surface area contributed by atoms with E-state index >= 15 is 8.78 Å². The molecule has 9 nitrogen and oxygen atoms in total. The number of imide groups is 1. The van der Waals surface area contributed by atoms with Crippen LogP contribution in [0.2, 0.25) is 5.02 Å². The summed E-state index contributed by atoms with van der Waals surface area (Å²) in [5, 5.41) is 4.76. The molecule has 0 heterocycles. The monoisotopic (exact) mass is 633 g/mol. The minimum absolute atomic E-state index is 0.0529. The van der Waals surface area contributed by atoms with Crippen LogP contribution in [0.4, 0.5) is 35.4 Å². The molecule has 1 unspecified atom stereocenters. The molecule has 4 amide bonds. The highest BCUT2D eigenvalue weighted by Crippen LogP contribution is 2.53. The maximum Gasteiger partial charge on any atom is 0.424 e. The third-order valence-electron chi connectivity index (χ3n) is 5.31. The molecular weight excluding hydrogens is 607 g/mol. The van der Waals surface area contributed by atoms with Crippen LogP contribution in [0, 0.1) is 17.6 Å². The van der Waals surface area contributed by atoms with Gasteiger partial charge in [-0.15, -0.1) is 23.2 Å². The van der Waals surface area contributed by atoms with Crippen LogP contribution in [0.3, 0.4) is 0 Å². The number of amides is 4. The quantitative estimate of drug-likeness (QED) is 0.326. The van der Waals surface area contributed by atoms with Gasteiger partial charge < -0.3 is 20.1 Å². The Morgan fingerprint density at radius 1 is 0.927 bits per heavy atom. The van der Waals surface area contributed by atoms with E-state index < -0.39 is 68.5 Å². The fraction of sp³-hybridized carbons (Fsp3) is 0.407. The second kappa shape index (κ2) is 11.6. The smallest absolute Gasteiger partial charge is 0.424 e. The van der Waals surface area contributed by atoms with Gasteiger partial charge in [-0.25, -0.2) is 18.4 Å². The molecule has 1 aliphatic rings. The third kappa shape index (κ3) is 8.21. The summed E-state index contributed by atoms with van der Waals surface area (Å²) >= 11 is 18.0. The van der Waals surface area contributed by atoms with Crippen LogP contribution < -0.4 is 15.5 Å². The summed E-state index contributed by atoms with van der Waals surface area (Å²) in [5.74, 6) is -4.83. The highest BCUT2D eigenvalue weighted by Gasteiger charge is 2.56. The molecule has 2 N–H and O–H groups in total. The lowest BCUT2D eigenvalue weighted by Gasteiger charge is -2.29. The zero-order chi connectivity index (χ0) is 31.1. The normalized spacial score (nSPS) is 15.9. The van der Waals surface area contributed by atoms with E-state index in [1.807, 2.05) is 0 Å². The first-order valence-electron chi connectivity index (χ1n) is 12.2. The summed E-state index contributed by atoms with van der Waals surface area (Å²) in [6.07, 6.45) is -2.56. The molecule has 0 saturated heterocycles. The van der Waals surface area contributed by atoms with Gasteiger partial charge >= 0.3 is 12.2 Å². The third-order valence-corrected chi connectivity index (χ3v) is 6.48. The Labute approximate surface area is 250 Å². The maximum atomic E-state index is 15.7. The second-order valence-electron chi connectivity index (χ2n) is 11.2. The molecule has 2 aromatic carbocycles. The number of anilines is 3. The van der Waals surface area contributed by atoms with Crippen LogP contribution in [-0.2, 0) is 14.3 Å². The number of carbonyl (C=O) groups excluding carboxylic acids is 4. The Morgan fingerprint density at radius 3 is 1.95 bits per heavy atom. The zero-order valence-electron chi connectivity index (χ0n) is 23.0. The standard InChI is InChI=1S/C27H28Cl3F2N3O6/c1-25(2,3)40-23(38)35(24(39)41-26(4,5)6)20-17(31)9-10-18(19(20)32)34-21(36)14-11-13(7-8-16(14)28)33-22(37)15-12-27(15,29)30/h7-11,15H,12H2,1-6H3,(H,33,37)(H,34,36). The van der Waals surface area contributed by atoms with Crippen molar-refractivity contribution in [2.75, 3.05) is 15.5 Å². The van der Waals surface area contributed by atoms with Gasteiger partial charge in [0.05, 0.1) is 22.2 Å². The van der Waals surface area contributed by atoms with E-state index in [1.165, 1.54) is 59.7 Å². The Kier molecular flexibility index (Phi) is 9.17. The Morgan fingerprint density at radius 2 is 1.46 bits per heavy atom. The van der Waals surface area contributed by atoms with E-state index in [0.717, 1.165) is 12.1 Å². The molecule has 0 spiro atoms. The molecule has 1 saturated carbocycles. The Balaban J connectivity index is 1.94. The van der Waals surface area contributed by atoms with Crippen LogP contribution >= 0.6 is 34.8 Å². The van der Waals surface area contributed by atoms with E-state index in [-0.39, 0.29) is 27.6 Å². The number of hydrogen-bond acceptors (Lipinski definition) is 6. The van der Waals surface area contributed by atoms with E-state index in [9.17, 15) is 19.2 Å². The number of hydrogen-bond donors (Lipinski definition) is 2. The SMILES string of the molecule is CC(C)(C)OC(=O)N(C(=O)OC(C)(C)C)c1c(F)ccc(NC(=O)c2cc(NC(=O)C3CC3(Cl)Cl)ccc2Cl)c1F. The molecule has 0 bridgehead atoms. The number of ether oxygens (including phenoxy) is 2. The van der Waals surface area contributed by atoms with Gasteiger partial charge in [-0.05, 0) is 78.3 Å². The number of nitrogens with zero attached hydrogens (tertiary/aromatic N) is 1. The molecule has 0 aromatic heterocycles. The number of nitrogens with one attached hydrogen (secondary N) is 2. The summed E-state index contributed by atoms with van der Waals surface area (Å²) in [4.78, 5) is 51.3. The summed E-state index contributed by atoms with van der Waals surface area (Å²) in [5.41, 5.74) is -4.00. The molecule has 2 aromatic rings. The molecule has 3 rings (SSSR count). The van der Waals surface area contributed by atoms with Crippen LogP contribution in [0.1, 0.15) is 58.3 Å². The first kappa shape index (κ1) is 32.4. The van der Waals surface area contributed by atoms with Crippen LogP contribution in [-0.4, -0.2) is 39.5 Å². The molecule has 1 atom stereocenters. The van der Waals surface area contributed by atoms with Crippen molar-refractivity contribution < 1.29 is 37.4 Å². The fourth-order valence-electron chi connectivity index (χ4n) is 3.41. The molecule has 222 valence electrons. The van der Waals surface area contributed by atoms with Crippen molar-refractivity contribution in [3.8, 4) is 0 Å². The number of rotatable bonds is 5. The highest BCUT2D eigenvalue weighted by molar-refractivity contribution is 6.52. The van der Waals surface area contributed by atoms with E-state index in [4.69, 9.17) is 44.3 Å². The molecule has 0 aliphatic heterocycles. The van der Waals surface area contributed by atoms with Crippen LogP contribution in [0.15, 0.2) is 30.3 Å². The van der Waals surface area contributed by atoms with Gasteiger partial charge in [-0.2, -0.15) is 4.90 Å². The summed E-state index contributed by atoms with van der Waals surface area (Å²) in [7, 11) is 0. The lowest BCUT2D eigenvalue weighted by molar-refractivity contribution is -0.117. The van der Waals surface area contributed by atoms with Crippen molar-refractivity contribution in [2.45, 2.75) is 63.5 Å². The largest absolute Gasteiger partial charge is 0.443 e. The Bertz CT molecular complexity index is 1380. The predicted molar refractivity (Wildman–Crippen MR) is 152 cm³/mol. The van der Waals surface area contributed by atoms with E-state index in [1.54, 1.807) is 0 Å². The molecule has 1 aliphatic carbocycles. The van der Waals surface area contributed by atoms with Gasteiger partial charge in [0.1, 0.15) is 21.2 Å². The summed E-state index contributed by atoms with van der Waals surface area (Å²) < 4.78 is 39.9. The first-order valence-corrected chi connectivity index (χ1v) is 13.4. The maximum absolute atomic E-state index is 15.7. The van der Waals surface area contributed by atoms with Crippen LogP contribution in [0.5, 0.6) is 0 Å². The second-order valence-corrected chi connectivity index (χ2v) is 13.2. The lowest BCUT2D eigenvalue weighted by Crippen LogP contribution is -2.44. The predicted octanol–water partition coefficient (Wildman–Crippen LogP) is 7.68. The molecule has 14 heteroatoms. The lowest BCUT2D eigenvalue weighted by atomic mass is 10.1. The van der Waals surface area contributed by atoms with Crippen molar-refractivity contribution in [1.82, 2.24) is 0 Å². The van der Waals surface area contributed by atoms with Gasteiger partial charge in [0, 0.05) is 5.69 Å². The van der Waals surface area contributed by atoms with Gasteiger partial charge in [-0.3, -0.25) is 9.59 Å². The van der Waals surface area contributed by atoms with Gasteiger partial charge in [0.25, 0.3) is 5.91 Å².